The van der Waals surface area contributed by atoms with Crippen LogP contribution in [0.2, 0.25) is 0 Å². The van der Waals surface area contributed by atoms with Crippen LogP contribution in [-0.4, -0.2) is 159 Å². The molecule has 2 saturated heterocycles. The summed E-state index contributed by atoms with van der Waals surface area (Å²) >= 11 is 0. The van der Waals surface area contributed by atoms with Gasteiger partial charge in [-0.2, -0.15) is 13.2 Å². The fourth-order valence-electron chi connectivity index (χ4n) is 10.1. The molecule has 0 radical (unpaired) electrons. The first-order chi connectivity index (χ1) is 38.8. The van der Waals surface area contributed by atoms with Crippen LogP contribution in [0, 0.1) is 12.1 Å². The van der Waals surface area contributed by atoms with Gasteiger partial charge in [0, 0.05) is 85.9 Å². The molecule has 414 valence electrons. The van der Waals surface area contributed by atoms with Crippen LogP contribution >= 0.6 is 0 Å². The lowest BCUT2D eigenvalue weighted by molar-refractivity contribution is -0.138. The predicted octanol–water partition coefficient (Wildman–Crippen LogP) is 6.01. The molecule has 6 heterocycles. The minimum atomic E-state index is -4.77. The number of aromatic nitrogens is 3. The van der Waals surface area contributed by atoms with Gasteiger partial charge < -0.3 is 38.8 Å². The van der Waals surface area contributed by atoms with Crippen LogP contribution in [0.5, 0.6) is 0 Å². The summed E-state index contributed by atoms with van der Waals surface area (Å²) in [7, 11) is 0. The highest BCUT2D eigenvalue weighted by atomic mass is 19.4. The Balaban J connectivity index is 0.603. The van der Waals surface area contributed by atoms with Crippen LogP contribution < -0.4 is 21.1 Å². The second-order valence-corrected chi connectivity index (χ2v) is 19.1. The standard InChI is InChI=1S/C58H55F3N8O11/c59-58(60,61)45-34-42(68-52(72)13-7-40-36-64-46-9-6-39(33-44(46)54(40)68)38-5-4-37-14-16-62-35-41(37)32-38)8-10-48(45)66-18-20-67(21-19-66)51(71)15-22-76-24-26-78-28-30-80-31-29-79-27-25-77-23-17-63-47-3-1-2-43-53(47)57(75)69(56(43)74)49-11-12-50(70)65-55(49)73/h1-6,8-10,14,16,32-36,49,63H,11-12,15,17-31H2,(H,65,70,73). The number of anilines is 2. The third-order valence-corrected chi connectivity index (χ3v) is 14.0. The number of fused-ring (bicyclic) bond motifs is 5. The first-order valence-electron chi connectivity index (χ1n) is 26.2. The first-order valence-corrected chi connectivity index (χ1v) is 26.2. The van der Waals surface area contributed by atoms with Crippen molar-refractivity contribution in [1.29, 1.82) is 0 Å². The minimum Gasteiger partial charge on any atom is -0.382 e. The number of piperidine rings is 1. The lowest BCUT2D eigenvalue weighted by atomic mass is 10.00. The van der Waals surface area contributed by atoms with Crippen molar-refractivity contribution < 1.29 is 60.8 Å². The van der Waals surface area contributed by atoms with Crippen molar-refractivity contribution in [2.45, 2.75) is 31.5 Å². The van der Waals surface area contributed by atoms with Gasteiger partial charge in [-0.15, -0.1) is 0 Å². The summed E-state index contributed by atoms with van der Waals surface area (Å²) in [6.45, 7) is 4.04. The first kappa shape index (κ1) is 55.0. The average Bonchev–Trinajstić information content (AvgIpc) is 3.82. The third kappa shape index (κ3) is 12.3. The lowest BCUT2D eigenvalue weighted by Gasteiger charge is -2.37. The number of nitrogens with one attached hydrogen (secondary N) is 2. The van der Waals surface area contributed by atoms with E-state index in [1.54, 1.807) is 34.3 Å². The molecule has 2 N–H and O–H groups in total. The second-order valence-electron chi connectivity index (χ2n) is 19.1. The van der Waals surface area contributed by atoms with Gasteiger partial charge in [-0.1, -0.05) is 30.3 Å². The SMILES string of the molecule is O=C1CCC(N2C(=O)c3cccc(NCCOCCOCCOCCOCCOCCC(=O)N4CCN(c5ccc(-n6c(=O)c#cc7cnc8ccc(-c9ccc%10ccncc%10c9)cc8c76)cc5C(F)(F)F)CC4)c3C2=O)C(=O)N1. The molecule has 0 spiro atoms. The molecule has 10 rings (SSSR count). The number of piperazine rings is 1. The van der Waals surface area contributed by atoms with Crippen LogP contribution in [0.25, 0.3) is 49.4 Å². The predicted molar refractivity (Wildman–Crippen MR) is 287 cm³/mol. The molecule has 5 amide bonds. The molecule has 2 fully saturated rings. The minimum absolute atomic E-state index is 0.00948. The van der Waals surface area contributed by atoms with Crippen LogP contribution in [0.3, 0.4) is 0 Å². The van der Waals surface area contributed by atoms with Gasteiger partial charge in [-0.3, -0.25) is 53.5 Å². The fourth-order valence-corrected chi connectivity index (χ4v) is 10.1. The Kier molecular flexibility index (Phi) is 17.0. The summed E-state index contributed by atoms with van der Waals surface area (Å²) in [4.78, 5) is 89.9. The number of hydrogen-bond acceptors (Lipinski definition) is 15. The Morgan fingerprint density at radius 1 is 0.725 bits per heavy atom. The summed E-state index contributed by atoms with van der Waals surface area (Å²) in [6, 6.07) is 26.5. The molecule has 7 aromatic rings. The van der Waals surface area contributed by atoms with Crippen molar-refractivity contribution in [2.75, 3.05) is 109 Å². The number of carbonyl (C=O) groups is 5. The number of carbonyl (C=O) groups excluding carboxylic acids is 5. The van der Waals surface area contributed by atoms with Gasteiger partial charge in [0.2, 0.25) is 17.7 Å². The van der Waals surface area contributed by atoms with Gasteiger partial charge in [0.05, 0.1) is 111 Å². The van der Waals surface area contributed by atoms with Gasteiger partial charge in [-0.25, -0.2) is 0 Å². The highest BCUT2D eigenvalue weighted by Gasteiger charge is 2.45. The van der Waals surface area contributed by atoms with E-state index in [4.69, 9.17) is 23.7 Å². The second kappa shape index (κ2) is 24.8. The van der Waals surface area contributed by atoms with Crippen molar-refractivity contribution >= 4 is 73.5 Å². The molecule has 3 aliphatic rings. The summed E-state index contributed by atoms with van der Waals surface area (Å²) < 4.78 is 74.0. The van der Waals surface area contributed by atoms with Crippen molar-refractivity contribution in [2.24, 2.45) is 0 Å². The molecule has 0 bridgehead atoms. The van der Waals surface area contributed by atoms with Gasteiger partial charge in [-0.05, 0) is 77.5 Å². The number of amides is 5. The zero-order chi connectivity index (χ0) is 55.8. The third-order valence-electron chi connectivity index (χ3n) is 14.0. The van der Waals surface area contributed by atoms with Crippen LogP contribution in [0.4, 0.5) is 24.5 Å². The van der Waals surface area contributed by atoms with E-state index in [2.05, 4.69) is 32.7 Å². The molecule has 4 aromatic carbocycles. The number of ether oxygens (including phenoxy) is 5. The fraction of sp³-hybridized carbons (Fsp3) is 0.345. The Bertz CT molecular complexity index is 3530. The number of rotatable bonds is 23. The Hall–Kier alpha value is -8.33. The topological polar surface area (TPSA) is 213 Å². The number of nitrogens with zero attached hydrogens (tertiary/aromatic N) is 6. The van der Waals surface area contributed by atoms with Crippen molar-refractivity contribution in [3.8, 4) is 16.8 Å². The number of pyridine rings is 2. The van der Waals surface area contributed by atoms with E-state index in [9.17, 15) is 41.9 Å². The monoisotopic (exact) mass is 1100 g/mol. The molecule has 1 atom stereocenters. The number of alkyl halides is 3. The van der Waals surface area contributed by atoms with Crippen LogP contribution in [0.1, 0.15) is 45.5 Å². The number of imide groups is 2. The summed E-state index contributed by atoms with van der Waals surface area (Å²) in [6.07, 6.45) is 0.458. The average molecular weight is 1100 g/mol. The van der Waals surface area contributed by atoms with Crippen molar-refractivity contribution in [3.05, 3.63) is 137 Å². The van der Waals surface area contributed by atoms with Gasteiger partial charge >= 0.3 is 11.7 Å². The Morgan fingerprint density at radius 3 is 2.15 bits per heavy atom. The number of halogens is 3. The maximum absolute atomic E-state index is 15.0. The molecule has 3 aliphatic heterocycles. The molecule has 0 saturated carbocycles. The zero-order valence-corrected chi connectivity index (χ0v) is 43.4. The van der Waals surface area contributed by atoms with Crippen LogP contribution in [-0.2, 0) is 44.2 Å². The summed E-state index contributed by atoms with van der Waals surface area (Å²) in [5.74, 6) is -2.45. The normalized spacial score (nSPS) is 15.7. The molecule has 0 aliphatic carbocycles. The maximum Gasteiger partial charge on any atom is 0.418 e. The van der Waals surface area contributed by atoms with Gasteiger partial charge in [0.25, 0.3) is 11.8 Å². The summed E-state index contributed by atoms with van der Waals surface area (Å²) in [5.41, 5.74) is 1.78. The van der Waals surface area contributed by atoms with Crippen molar-refractivity contribution in [3.63, 3.8) is 0 Å². The van der Waals surface area contributed by atoms with E-state index in [1.165, 1.54) is 29.0 Å². The molecule has 1 unspecified atom stereocenters. The highest BCUT2D eigenvalue weighted by molar-refractivity contribution is 6.25. The lowest BCUT2D eigenvalue weighted by Crippen LogP contribution is -2.54. The van der Waals surface area contributed by atoms with Crippen molar-refractivity contribution in [1.82, 2.24) is 29.7 Å². The molecule has 19 nitrogen and oxygen atoms in total. The van der Waals surface area contributed by atoms with Gasteiger partial charge in [0.1, 0.15) is 6.04 Å². The Labute approximate surface area is 456 Å². The summed E-state index contributed by atoms with van der Waals surface area (Å²) in [5, 5.41) is 8.22. The van der Waals surface area contributed by atoms with E-state index in [1.807, 2.05) is 42.5 Å². The smallest absolute Gasteiger partial charge is 0.382 e. The van der Waals surface area contributed by atoms with Gasteiger partial charge in [0.15, 0.2) is 0 Å². The largest absolute Gasteiger partial charge is 0.418 e. The zero-order valence-electron chi connectivity index (χ0n) is 43.4. The maximum atomic E-state index is 15.0. The highest BCUT2D eigenvalue weighted by Crippen LogP contribution is 2.40. The molecule has 3 aromatic heterocycles. The quantitative estimate of drug-likeness (QED) is 0.0555. The molecule has 22 heteroatoms. The molecular formula is C58H55F3N8O11. The number of hydrogen-bond donors (Lipinski definition) is 2. The van der Waals surface area contributed by atoms with E-state index in [-0.39, 0.29) is 93.7 Å². The van der Waals surface area contributed by atoms with E-state index in [0.717, 1.165) is 32.9 Å². The Morgan fingerprint density at radius 2 is 1.43 bits per heavy atom. The van der Waals surface area contributed by atoms with E-state index in [0.29, 0.717) is 80.3 Å². The molecular weight excluding hydrogens is 1040 g/mol. The molecule has 80 heavy (non-hydrogen) atoms. The van der Waals surface area contributed by atoms with Crippen LogP contribution in [0.15, 0.2) is 102 Å². The van der Waals surface area contributed by atoms with E-state index < -0.39 is 47.0 Å². The van der Waals surface area contributed by atoms with E-state index >= 15 is 0 Å². The number of benzene rings is 4.